The number of rotatable bonds is 5. The monoisotopic (exact) mass is 298 g/mol. The summed E-state index contributed by atoms with van der Waals surface area (Å²) in [6.07, 6.45) is 2.81. The molecule has 0 atom stereocenters. The molecule has 1 aromatic carbocycles. The van der Waals surface area contributed by atoms with Gasteiger partial charge in [-0.2, -0.15) is 0 Å². The molecule has 0 saturated heterocycles. The van der Waals surface area contributed by atoms with Gasteiger partial charge in [-0.05, 0) is 36.9 Å². The summed E-state index contributed by atoms with van der Waals surface area (Å²) in [6, 6.07) is 12.4. The Morgan fingerprint density at radius 1 is 1.24 bits per heavy atom. The van der Waals surface area contributed by atoms with Crippen LogP contribution in [0, 0.1) is 0 Å². The van der Waals surface area contributed by atoms with Gasteiger partial charge in [0, 0.05) is 31.4 Å². The molecule has 2 N–H and O–H groups in total. The number of nitrogen functional groups attached to an aromatic ring is 1. The van der Waals surface area contributed by atoms with Crippen molar-refractivity contribution < 1.29 is 0 Å². The van der Waals surface area contributed by atoms with E-state index in [1.165, 1.54) is 5.56 Å². The van der Waals surface area contributed by atoms with Crippen LogP contribution in [-0.2, 0) is 13.0 Å². The quantitative estimate of drug-likeness (QED) is 0.787. The van der Waals surface area contributed by atoms with Gasteiger partial charge in [-0.1, -0.05) is 23.5 Å². The van der Waals surface area contributed by atoms with Crippen LogP contribution in [0.2, 0.25) is 0 Å². The maximum atomic E-state index is 5.74. The number of benzene rings is 1. The first-order valence-electron chi connectivity index (χ1n) is 6.94. The highest BCUT2D eigenvalue weighted by Gasteiger charge is 2.05. The van der Waals surface area contributed by atoms with Crippen molar-refractivity contribution in [2.24, 2.45) is 0 Å². The molecule has 0 aliphatic rings. The van der Waals surface area contributed by atoms with Gasteiger partial charge in [-0.3, -0.25) is 4.98 Å². The lowest BCUT2D eigenvalue weighted by molar-refractivity contribution is 0.330. The average Bonchev–Trinajstić information content (AvgIpc) is 2.85. The Balaban J connectivity index is 1.61. The van der Waals surface area contributed by atoms with E-state index in [1.807, 2.05) is 24.4 Å². The lowest BCUT2D eigenvalue weighted by Gasteiger charge is -2.16. The second-order valence-electron chi connectivity index (χ2n) is 5.16. The van der Waals surface area contributed by atoms with Crippen LogP contribution >= 0.6 is 11.3 Å². The summed E-state index contributed by atoms with van der Waals surface area (Å²) in [5.74, 6) is 0. The summed E-state index contributed by atoms with van der Waals surface area (Å²) in [6.45, 7) is 1.90. The summed E-state index contributed by atoms with van der Waals surface area (Å²) in [5, 5.41) is 0.630. The van der Waals surface area contributed by atoms with E-state index in [4.69, 9.17) is 5.73 Å². The van der Waals surface area contributed by atoms with Crippen molar-refractivity contribution >= 4 is 26.7 Å². The molecule has 0 spiro atoms. The van der Waals surface area contributed by atoms with Gasteiger partial charge in [0.05, 0.1) is 10.2 Å². The molecule has 0 bridgehead atoms. The van der Waals surface area contributed by atoms with Gasteiger partial charge in [0.15, 0.2) is 5.13 Å². The first-order chi connectivity index (χ1) is 10.2. The van der Waals surface area contributed by atoms with Crippen LogP contribution in [0.4, 0.5) is 5.13 Å². The van der Waals surface area contributed by atoms with Crippen molar-refractivity contribution in [3.63, 3.8) is 0 Å². The Morgan fingerprint density at radius 2 is 2.14 bits per heavy atom. The number of nitrogens with zero attached hydrogens (tertiary/aromatic N) is 3. The zero-order chi connectivity index (χ0) is 14.7. The smallest absolute Gasteiger partial charge is 0.181 e. The molecule has 0 aliphatic heterocycles. The van der Waals surface area contributed by atoms with Crippen molar-refractivity contribution in [1.29, 1.82) is 0 Å². The predicted octanol–water partition coefficient (Wildman–Crippen LogP) is 2.95. The highest BCUT2D eigenvalue weighted by molar-refractivity contribution is 7.22. The molecule has 0 unspecified atom stereocenters. The van der Waals surface area contributed by atoms with Crippen LogP contribution in [0.1, 0.15) is 11.3 Å². The number of nitrogens with two attached hydrogens (primary N) is 1. The van der Waals surface area contributed by atoms with Gasteiger partial charge in [0.1, 0.15) is 0 Å². The molecular weight excluding hydrogens is 280 g/mol. The third-order valence-corrected chi connectivity index (χ3v) is 4.25. The number of aromatic nitrogens is 2. The third kappa shape index (κ3) is 3.56. The Morgan fingerprint density at radius 3 is 2.95 bits per heavy atom. The summed E-state index contributed by atoms with van der Waals surface area (Å²) in [5.41, 5.74) is 9.15. The fourth-order valence-electron chi connectivity index (χ4n) is 2.33. The van der Waals surface area contributed by atoms with Gasteiger partial charge in [0.25, 0.3) is 0 Å². The average molecular weight is 298 g/mol. The minimum absolute atomic E-state index is 0.630. The standard InChI is InChI=1S/C16H18N4S/c1-20(9-7-13-4-2-3-8-18-13)11-12-5-6-14-15(10-12)21-16(17)19-14/h2-6,8,10H,7,9,11H2,1H3,(H2,17,19). The number of thiazole rings is 1. The molecular formula is C16H18N4S. The molecule has 0 fully saturated rings. The maximum absolute atomic E-state index is 5.74. The van der Waals surface area contributed by atoms with E-state index in [1.54, 1.807) is 11.3 Å². The highest BCUT2D eigenvalue weighted by Crippen LogP contribution is 2.24. The van der Waals surface area contributed by atoms with Crippen LogP contribution in [0.5, 0.6) is 0 Å². The number of likely N-dealkylation sites (N-methyl/N-ethyl adjacent to an activating group) is 1. The molecule has 0 saturated carbocycles. The van der Waals surface area contributed by atoms with Crippen LogP contribution in [-0.4, -0.2) is 28.5 Å². The van der Waals surface area contributed by atoms with Crippen LogP contribution in [0.3, 0.4) is 0 Å². The summed E-state index contributed by atoms with van der Waals surface area (Å²) in [4.78, 5) is 10.9. The summed E-state index contributed by atoms with van der Waals surface area (Å²) in [7, 11) is 2.13. The molecule has 0 radical (unpaired) electrons. The number of fused-ring (bicyclic) bond motifs is 1. The normalized spacial score (nSPS) is 11.3. The molecule has 21 heavy (non-hydrogen) atoms. The van der Waals surface area contributed by atoms with Crippen molar-refractivity contribution in [2.45, 2.75) is 13.0 Å². The third-order valence-electron chi connectivity index (χ3n) is 3.40. The topological polar surface area (TPSA) is 55.0 Å². The lowest BCUT2D eigenvalue weighted by atomic mass is 10.2. The molecule has 4 nitrogen and oxygen atoms in total. The second-order valence-corrected chi connectivity index (χ2v) is 6.23. The number of pyridine rings is 1. The first kappa shape index (κ1) is 14.0. The van der Waals surface area contributed by atoms with Crippen LogP contribution in [0.25, 0.3) is 10.2 Å². The number of hydrogen-bond donors (Lipinski definition) is 1. The van der Waals surface area contributed by atoms with Gasteiger partial charge >= 0.3 is 0 Å². The zero-order valence-corrected chi connectivity index (χ0v) is 12.8. The van der Waals surface area contributed by atoms with E-state index in [-0.39, 0.29) is 0 Å². The SMILES string of the molecule is CN(CCc1ccccn1)Cc1ccc2nc(N)sc2c1. The minimum Gasteiger partial charge on any atom is -0.375 e. The first-order valence-corrected chi connectivity index (χ1v) is 7.76. The molecule has 0 aliphatic carbocycles. The second kappa shape index (κ2) is 6.20. The molecule has 108 valence electrons. The largest absolute Gasteiger partial charge is 0.375 e. The van der Waals surface area contributed by atoms with Gasteiger partial charge in [-0.15, -0.1) is 0 Å². The minimum atomic E-state index is 0.630. The van der Waals surface area contributed by atoms with Crippen molar-refractivity contribution in [1.82, 2.24) is 14.9 Å². The number of anilines is 1. The fraction of sp³-hybridized carbons (Fsp3) is 0.250. The van der Waals surface area contributed by atoms with Gasteiger partial charge in [0.2, 0.25) is 0 Å². The molecule has 5 heteroatoms. The predicted molar refractivity (Wildman–Crippen MR) is 88.3 cm³/mol. The number of hydrogen-bond acceptors (Lipinski definition) is 5. The maximum Gasteiger partial charge on any atom is 0.181 e. The van der Waals surface area contributed by atoms with E-state index < -0.39 is 0 Å². The molecule has 3 rings (SSSR count). The molecule has 3 aromatic rings. The molecule has 0 amide bonds. The van der Waals surface area contributed by atoms with E-state index in [9.17, 15) is 0 Å². The van der Waals surface area contributed by atoms with Crippen molar-refractivity contribution in [3.8, 4) is 0 Å². The lowest BCUT2D eigenvalue weighted by Crippen LogP contribution is -2.20. The van der Waals surface area contributed by atoms with Crippen LogP contribution in [0.15, 0.2) is 42.6 Å². The molecule has 2 heterocycles. The van der Waals surface area contributed by atoms with Gasteiger partial charge < -0.3 is 10.6 Å². The molecule has 2 aromatic heterocycles. The zero-order valence-electron chi connectivity index (χ0n) is 12.0. The van der Waals surface area contributed by atoms with E-state index in [0.29, 0.717) is 5.13 Å². The Labute approximate surface area is 128 Å². The summed E-state index contributed by atoms with van der Waals surface area (Å²) >= 11 is 1.54. The van der Waals surface area contributed by atoms with Crippen molar-refractivity contribution in [2.75, 3.05) is 19.3 Å². The highest BCUT2D eigenvalue weighted by atomic mass is 32.1. The summed E-state index contributed by atoms with van der Waals surface area (Å²) < 4.78 is 1.16. The fourth-order valence-corrected chi connectivity index (χ4v) is 3.13. The van der Waals surface area contributed by atoms with E-state index in [2.05, 4.69) is 40.1 Å². The van der Waals surface area contributed by atoms with E-state index >= 15 is 0 Å². The van der Waals surface area contributed by atoms with Crippen molar-refractivity contribution in [3.05, 3.63) is 53.9 Å². The Hall–Kier alpha value is -1.98. The van der Waals surface area contributed by atoms with Crippen LogP contribution < -0.4 is 5.73 Å². The Kier molecular flexibility index (Phi) is 4.13. The Bertz CT molecular complexity index is 723. The van der Waals surface area contributed by atoms with E-state index in [0.717, 1.165) is 35.4 Å². The van der Waals surface area contributed by atoms with Gasteiger partial charge in [-0.25, -0.2) is 4.98 Å².